The molecule has 1 aliphatic rings. The molecule has 1 atom stereocenters. The van der Waals surface area contributed by atoms with Crippen molar-refractivity contribution >= 4 is 33.3 Å². The van der Waals surface area contributed by atoms with Gasteiger partial charge in [-0.2, -0.15) is 0 Å². The lowest BCUT2D eigenvalue weighted by Crippen LogP contribution is -2.23. The van der Waals surface area contributed by atoms with Crippen molar-refractivity contribution in [3.8, 4) is 0 Å². The van der Waals surface area contributed by atoms with Crippen molar-refractivity contribution in [2.24, 2.45) is 5.92 Å². The number of nitrogens with zero attached hydrogens (tertiary/aromatic N) is 4. The molecule has 6 nitrogen and oxygen atoms in total. The van der Waals surface area contributed by atoms with E-state index in [0.29, 0.717) is 41.6 Å². The van der Waals surface area contributed by atoms with Crippen LogP contribution in [0.3, 0.4) is 0 Å². The summed E-state index contributed by atoms with van der Waals surface area (Å²) in [5.74, 6) is 2.33. The van der Waals surface area contributed by atoms with Gasteiger partial charge in [-0.1, -0.05) is 31.7 Å². The van der Waals surface area contributed by atoms with Gasteiger partial charge in [-0.05, 0) is 30.7 Å². The highest BCUT2D eigenvalue weighted by Crippen LogP contribution is 2.36. The highest BCUT2D eigenvalue weighted by molar-refractivity contribution is 7.98. The molecule has 0 saturated carbocycles. The molecule has 3 heterocycles. The second kappa shape index (κ2) is 7.59. The average molecular weight is 403 g/mol. The van der Waals surface area contributed by atoms with E-state index in [0.717, 1.165) is 29.5 Å². The standard InChI is InChI=1S/C19H22N4O2S2/c1-4-8-23-18(24)16-12-7-6-11(3)9-13(12)27-17(16)20-19(23)26-10-15-22-21-14(5-2)25-15/h4,11H,1,5-10H2,2-3H3. The minimum Gasteiger partial charge on any atom is -0.424 e. The van der Waals surface area contributed by atoms with Gasteiger partial charge < -0.3 is 4.42 Å². The van der Waals surface area contributed by atoms with Gasteiger partial charge in [0.2, 0.25) is 11.8 Å². The number of allylic oxidation sites excluding steroid dienone is 1. The summed E-state index contributed by atoms with van der Waals surface area (Å²) < 4.78 is 7.28. The Morgan fingerprint density at radius 3 is 2.96 bits per heavy atom. The number of aryl methyl sites for hydroxylation is 2. The zero-order valence-electron chi connectivity index (χ0n) is 15.5. The molecule has 0 aromatic carbocycles. The van der Waals surface area contributed by atoms with Crippen LogP contribution in [0.2, 0.25) is 0 Å². The van der Waals surface area contributed by atoms with Crippen LogP contribution in [0.15, 0.2) is 27.0 Å². The molecule has 0 bridgehead atoms. The minimum absolute atomic E-state index is 0.0363. The summed E-state index contributed by atoms with van der Waals surface area (Å²) in [6, 6.07) is 0. The van der Waals surface area contributed by atoms with Crippen molar-refractivity contribution in [1.29, 1.82) is 0 Å². The van der Waals surface area contributed by atoms with Crippen LogP contribution in [-0.4, -0.2) is 19.7 Å². The van der Waals surface area contributed by atoms with Gasteiger partial charge in [-0.15, -0.1) is 28.1 Å². The van der Waals surface area contributed by atoms with Crippen molar-refractivity contribution < 1.29 is 4.42 Å². The average Bonchev–Trinajstić information content (AvgIpc) is 3.26. The monoisotopic (exact) mass is 402 g/mol. The lowest BCUT2D eigenvalue weighted by atomic mass is 9.89. The number of thiophene rings is 1. The first-order valence-electron chi connectivity index (χ1n) is 9.20. The maximum Gasteiger partial charge on any atom is 0.263 e. The van der Waals surface area contributed by atoms with Gasteiger partial charge >= 0.3 is 0 Å². The first-order valence-corrected chi connectivity index (χ1v) is 11.0. The molecule has 27 heavy (non-hydrogen) atoms. The molecule has 1 aliphatic carbocycles. The Morgan fingerprint density at radius 2 is 2.22 bits per heavy atom. The van der Waals surface area contributed by atoms with E-state index in [4.69, 9.17) is 9.40 Å². The third-order valence-corrected chi connectivity index (χ3v) is 6.94. The third-order valence-electron chi connectivity index (χ3n) is 4.83. The quantitative estimate of drug-likeness (QED) is 0.352. The van der Waals surface area contributed by atoms with Crippen LogP contribution in [0.25, 0.3) is 10.2 Å². The Bertz CT molecular complexity index is 1050. The van der Waals surface area contributed by atoms with E-state index in [-0.39, 0.29) is 5.56 Å². The number of aromatic nitrogens is 4. The predicted molar refractivity (Wildman–Crippen MR) is 109 cm³/mol. The van der Waals surface area contributed by atoms with E-state index in [1.54, 1.807) is 22.0 Å². The number of hydrogen-bond donors (Lipinski definition) is 0. The first kappa shape index (κ1) is 18.4. The SMILES string of the molecule is C=CCn1c(SCc2nnc(CC)o2)nc2sc3c(c2c1=O)CCC(C)C3. The van der Waals surface area contributed by atoms with Crippen LogP contribution < -0.4 is 5.56 Å². The fraction of sp³-hybridized carbons (Fsp3) is 0.474. The zero-order valence-corrected chi connectivity index (χ0v) is 17.2. The molecule has 0 N–H and O–H groups in total. The molecule has 8 heteroatoms. The Balaban J connectivity index is 1.73. The van der Waals surface area contributed by atoms with Crippen LogP contribution in [0, 0.1) is 5.92 Å². The molecule has 3 aromatic heterocycles. The summed E-state index contributed by atoms with van der Waals surface area (Å²) in [4.78, 5) is 20.2. The summed E-state index contributed by atoms with van der Waals surface area (Å²) in [5, 5.41) is 9.53. The Kier molecular flexibility index (Phi) is 5.19. The van der Waals surface area contributed by atoms with Crippen molar-refractivity contribution in [2.75, 3.05) is 0 Å². The molecule has 0 saturated heterocycles. The van der Waals surface area contributed by atoms with Crippen molar-refractivity contribution in [3.63, 3.8) is 0 Å². The van der Waals surface area contributed by atoms with Gasteiger partial charge in [0, 0.05) is 17.8 Å². The number of fused-ring (bicyclic) bond motifs is 3. The molecule has 0 radical (unpaired) electrons. The molecule has 0 amide bonds. The number of thioether (sulfide) groups is 1. The van der Waals surface area contributed by atoms with E-state index >= 15 is 0 Å². The molecule has 0 spiro atoms. The molecule has 0 fully saturated rings. The lowest BCUT2D eigenvalue weighted by molar-refractivity contribution is 0.469. The van der Waals surface area contributed by atoms with Gasteiger partial charge in [-0.25, -0.2) is 4.98 Å². The molecule has 0 aliphatic heterocycles. The molecule has 1 unspecified atom stereocenters. The number of rotatable bonds is 6. The highest BCUT2D eigenvalue weighted by Gasteiger charge is 2.24. The normalized spacial score (nSPS) is 16.6. The fourth-order valence-electron chi connectivity index (χ4n) is 3.42. The van der Waals surface area contributed by atoms with Crippen LogP contribution in [0.5, 0.6) is 0 Å². The van der Waals surface area contributed by atoms with Crippen LogP contribution >= 0.6 is 23.1 Å². The summed E-state index contributed by atoms with van der Waals surface area (Å²) in [6.45, 7) is 8.48. The molecular weight excluding hydrogens is 380 g/mol. The maximum absolute atomic E-state index is 13.2. The minimum atomic E-state index is 0.0363. The summed E-state index contributed by atoms with van der Waals surface area (Å²) in [5.41, 5.74) is 1.25. The van der Waals surface area contributed by atoms with Crippen LogP contribution in [0.1, 0.15) is 42.5 Å². The van der Waals surface area contributed by atoms with E-state index in [2.05, 4.69) is 23.7 Å². The molecule has 3 aromatic rings. The smallest absolute Gasteiger partial charge is 0.263 e. The van der Waals surface area contributed by atoms with Gasteiger partial charge in [0.05, 0.1) is 11.1 Å². The topological polar surface area (TPSA) is 73.8 Å². The van der Waals surface area contributed by atoms with E-state index in [9.17, 15) is 4.79 Å². The molecular formula is C19H22N4O2S2. The third kappa shape index (κ3) is 3.48. The van der Waals surface area contributed by atoms with Crippen molar-refractivity contribution in [3.05, 3.63) is 45.2 Å². The molecule has 4 rings (SSSR count). The summed E-state index contributed by atoms with van der Waals surface area (Å²) in [7, 11) is 0. The van der Waals surface area contributed by atoms with E-state index < -0.39 is 0 Å². The Labute approximate surface area is 165 Å². The maximum atomic E-state index is 13.2. The Hall–Kier alpha value is -1.93. The van der Waals surface area contributed by atoms with Crippen molar-refractivity contribution in [1.82, 2.24) is 19.7 Å². The van der Waals surface area contributed by atoms with Gasteiger partial charge in [0.1, 0.15) is 4.83 Å². The number of hydrogen-bond acceptors (Lipinski definition) is 7. The fourth-order valence-corrected chi connectivity index (χ4v) is 5.69. The lowest BCUT2D eigenvalue weighted by Gasteiger charge is -2.17. The van der Waals surface area contributed by atoms with Crippen molar-refractivity contribution in [2.45, 2.75) is 57.0 Å². The second-order valence-corrected chi connectivity index (χ2v) is 8.89. The van der Waals surface area contributed by atoms with E-state index in [1.807, 2.05) is 6.92 Å². The largest absolute Gasteiger partial charge is 0.424 e. The second-order valence-electron chi connectivity index (χ2n) is 6.86. The zero-order chi connectivity index (χ0) is 19.0. The molecule has 142 valence electrons. The first-order chi connectivity index (χ1) is 13.1. The summed E-state index contributed by atoms with van der Waals surface area (Å²) >= 11 is 3.13. The highest BCUT2D eigenvalue weighted by atomic mass is 32.2. The van der Waals surface area contributed by atoms with Gasteiger partial charge in [0.15, 0.2) is 5.16 Å². The van der Waals surface area contributed by atoms with Gasteiger partial charge in [0.25, 0.3) is 5.56 Å². The summed E-state index contributed by atoms with van der Waals surface area (Å²) in [6.07, 6.45) is 5.59. The van der Waals surface area contributed by atoms with E-state index in [1.165, 1.54) is 22.2 Å². The van der Waals surface area contributed by atoms with Crippen LogP contribution in [-0.2, 0) is 31.6 Å². The van der Waals surface area contributed by atoms with Crippen LogP contribution in [0.4, 0.5) is 0 Å². The predicted octanol–water partition coefficient (Wildman–Crippen LogP) is 4.01. The van der Waals surface area contributed by atoms with Gasteiger partial charge in [-0.3, -0.25) is 9.36 Å². The Morgan fingerprint density at radius 1 is 1.41 bits per heavy atom.